The van der Waals surface area contributed by atoms with Crippen LogP contribution < -0.4 is 0 Å². The van der Waals surface area contributed by atoms with E-state index in [0.717, 1.165) is 18.4 Å². The molecular formula is C20H31N3O4S. The molecule has 0 bridgehead atoms. The van der Waals surface area contributed by atoms with E-state index in [2.05, 4.69) is 11.8 Å². The van der Waals surface area contributed by atoms with Crippen LogP contribution in [-0.4, -0.2) is 87.0 Å². The van der Waals surface area contributed by atoms with Gasteiger partial charge in [-0.2, -0.15) is 4.31 Å². The molecule has 0 saturated carbocycles. The first-order chi connectivity index (χ1) is 13.4. The number of aryl methyl sites for hydroxylation is 1. The zero-order valence-electron chi connectivity index (χ0n) is 16.8. The molecule has 2 heterocycles. The highest BCUT2D eigenvalue weighted by molar-refractivity contribution is 7.89. The van der Waals surface area contributed by atoms with Crippen molar-refractivity contribution in [1.82, 2.24) is 14.1 Å². The van der Waals surface area contributed by atoms with Crippen molar-refractivity contribution in [2.75, 3.05) is 52.5 Å². The Balaban J connectivity index is 1.58. The predicted octanol–water partition coefficient (Wildman–Crippen LogP) is 1.19. The molecule has 0 N–H and O–H groups in total. The molecule has 3 rings (SSSR count). The second kappa shape index (κ2) is 9.35. The molecule has 1 amide bonds. The summed E-state index contributed by atoms with van der Waals surface area (Å²) in [7, 11) is -3.49. The van der Waals surface area contributed by atoms with Gasteiger partial charge in [-0.05, 0) is 31.0 Å². The maximum Gasteiger partial charge on any atom is 0.243 e. The molecule has 156 valence electrons. The van der Waals surface area contributed by atoms with Gasteiger partial charge >= 0.3 is 0 Å². The summed E-state index contributed by atoms with van der Waals surface area (Å²) < 4.78 is 32.7. The third-order valence-corrected chi connectivity index (χ3v) is 7.51. The summed E-state index contributed by atoms with van der Waals surface area (Å²) in [4.78, 5) is 16.9. The third kappa shape index (κ3) is 4.74. The number of piperazine rings is 1. The predicted molar refractivity (Wildman–Crippen MR) is 108 cm³/mol. The molecule has 2 aliphatic rings. The molecule has 7 nitrogen and oxygen atoms in total. The summed E-state index contributed by atoms with van der Waals surface area (Å²) in [5.74, 6) is 0.103. The van der Waals surface area contributed by atoms with Gasteiger partial charge in [0.2, 0.25) is 15.9 Å². The fourth-order valence-corrected chi connectivity index (χ4v) is 5.22. The molecule has 0 aromatic heterocycles. The van der Waals surface area contributed by atoms with E-state index in [1.807, 2.05) is 24.0 Å². The Morgan fingerprint density at radius 2 is 1.64 bits per heavy atom. The van der Waals surface area contributed by atoms with Crippen LogP contribution in [0.2, 0.25) is 0 Å². The highest BCUT2D eigenvalue weighted by Gasteiger charge is 2.33. The Hall–Kier alpha value is -1.48. The van der Waals surface area contributed by atoms with Gasteiger partial charge in [-0.15, -0.1) is 0 Å². The third-order valence-electron chi connectivity index (χ3n) is 5.60. The van der Waals surface area contributed by atoms with Gasteiger partial charge in [-0.1, -0.05) is 25.5 Å². The SMILES string of the molecule is CCCc1ccc(S(=O)(=O)N2CCN(C(C)C(=O)N3CCOCC3)CC2)cc1. The van der Waals surface area contributed by atoms with E-state index in [0.29, 0.717) is 57.4 Å². The first-order valence-corrected chi connectivity index (χ1v) is 11.6. The Morgan fingerprint density at radius 1 is 1.04 bits per heavy atom. The number of nitrogens with zero attached hydrogens (tertiary/aromatic N) is 3. The maximum atomic E-state index is 12.9. The van der Waals surface area contributed by atoms with Crippen molar-refractivity contribution < 1.29 is 17.9 Å². The summed E-state index contributed by atoms with van der Waals surface area (Å²) in [6.45, 7) is 8.37. The van der Waals surface area contributed by atoms with Crippen LogP contribution in [0.15, 0.2) is 29.2 Å². The highest BCUT2D eigenvalue weighted by atomic mass is 32.2. The fraction of sp³-hybridized carbons (Fsp3) is 0.650. The topological polar surface area (TPSA) is 70.2 Å². The van der Waals surface area contributed by atoms with Crippen LogP contribution in [0.3, 0.4) is 0 Å². The van der Waals surface area contributed by atoms with E-state index in [9.17, 15) is 13.2 Å². The number of benzene rings is 1. The standard InChI is InChI=1S/C20H31N3O4S/c1-3-4-18-5-7-19(8-6-18)28(25,26)23-11-9-21(10-12-23)17(2)20(24)22-13-15-27-16-14-22/h5-8,17H,3-4,9-16H2,1-2H3. The average Bonchev–Trinajstić information content (AvgIpc) is 2.74. The van der Waals surface area contributed by atoms with Gasteiger partial charge in [0.15, 0.2) is 0 Å². The smallest absolute Gasteiger partial charge is 0.243 e. The Bertz CT molecular complexity index is 752. The highest BCUT2D eigenvalue weighted by Crippen LogP contribution is 2.20. The van der Waals surface area contributed by atoms with Crippen molar-refractivity contribution in [3.8, 4) is 0 Å². The Labute approximate surface area is 168 Å². The first kappa shape index (κ1) is 21.2. The minimum absolute atomic E-state index is 0.103. The summed E-state index contributed by atoms with van der Waals surface area (Å²) in [6, 6.07) is 6.97. The molecule has 0 aliphatic carbocycles. The average molecular weight is 410 g/mol. The number of sulfonamides is 1. The Kier molecular flexibility index (Phi) is 7.09. The monoisotopic (exact) mass is 409 g/mol. The second-order valence-electron chi connectivity index (χ2n) is 7.45. The van der Waals surface area contributed by atoms with Crippen molar-refractivity contribution in [3.05, 3.63) is 29.8 Å². The molecule has 0 spiro atoms. The lowest BCUT2D eigenvalue weighted by molar-refractivity contribution is -0.140. The number of rotatable bonds is 6. The molecule has 28 heavy (non-hydrogen) atoms. The van der Waals surface area contributed by atoms with Crippen LogP contribution in [0.5, 0.6) is 0 Å². The van der Waals surface area contributed by atoms with Crippen LogP contribution in [0.4, 0.5) is 0 Å². The van der Waals surface area contributed by atoms with Gasteiger partial charge in [0.1, 0.15) is 0 Å². The van der Waals surface area contributed by atoms with Crippen LogP contribution in [0.25, 0.3) is 0 Å². The summed E-state index contributed by atoms with van der Waals surface area (Å²) in [6.07, 6.45) is 1.99. The maximum absolute atomic E-state index is 12.9. The molecule has 2 aliphatic heterocycles. The Morgan fingerprint density at radius 3 is 2.21 bits per heavy atom. The van der Waals surface area contributed by atoms with Crippen molar-refractivity contribution in [3.63, 3.8) is 0 Å². The second-order valence-corrected chi connectivity index (χ2v) is 9.39. The van der Waals surface area contributed by atoms with E-state index in [4.69, 9.17) is 4.74 Å². The number of carbonyl (C=O) groups is 1. The number of hydrogen-bond donors (Lipinski definition) is 0. The van der Waals surface area contributed by atoms with Crippen LogP contribution in [0.1, 0.15) is 25.8 Å². The number of ether oxygens (including phenoxy) is 1. The molecule has 1 aromatic carbocycles. The molecule has 2 fully saturated rings. The van der Waals surface area contributed by atoms with E-state index in [-0.39, 0.29) is 11.9 Å². The lowest BCUT2D eigenvalue weighted by Gasteiger charge is -2.39. The molecule has 8 heteroatoms. The molecule has 2 saturated heterocycles. The summed E-state index contributed by atoms with van der Waals surface area (Å²) in [5, 5.41) is 0. The first-order valence-electron chi connectivity index (χ1n) is 10.1. The fourth-order valence-electron chi connectivity index (χ4n) is 3.80. The van der Waals surface area contributed by atoms with Gasteiger partial charge < -0.3 is 9.64 Å². The largest absolute Gasteiger partial charge is 0.378 e. The summed E-state index contributed by atoms with van der Waals surface area (Å²) >= 11 is 0. The number of morpholine rings is 1. The molecule has 0 radical (unpaired) electrons. The van der Waals surface area contributed by atoms with Gasteiger partial charge in [0, 0.05) is 39.3 Å². The van der Waals surface area contributed by atoms with Gasteiger partial charge in [0.25, 0.3) is 0 Å². The van der Waals surface area contributed by atoms with Gasteiger partial charge in [0.05, 0.1) is 24.2 Å². The van der Waals surface area contributed by atoms with Crippen LogP contribution in [0, 0.1) is 0 Å². The van der Waals surface area contributed by atoms with E-state index in [1.165, 1.54) is 4.31 Å². The lowest BCUT2D eigenvalue weighted by atomic mass is 10.1. The number of amides is 1. The van der Waals surface area contributed by atoms with E-state index >= 15 is 0 Å². The number of hydrogen-bond acceptors (Lipinski definition) is 5. The van der Waals surface area contributed by atoms with E-state index in [1.54, 1.807) is 12.1 Å². The van der Waals surface area contributed by atoms with Crippen molar-refractivity contribution in [2.45, 2.75) is 37.6 Å². The zero-order chi connectivity index (χ0) is 20.1. The zero-order valence-corrected chi connectivity index (χ0v) is 17.7. The van der Waals surface area contributed by atoms with Gasteiger partial charge in [-0.3, -0.25) is 9.69 Å². The number of carbonyl (C=O) groups excluding carboxylic acids is 1. The van der Waals surface area contributed by atoms with Crippen molar-refractivity contribution in [2.24, 2.45) is 0 Å². The van der Waals surface area contributed by atoms with Crippen molar-refractivity contribution in [1.29, 1.82) is 0 Å². The lowest BCUT2D eigenvalue weighted by Crippen LogP contribution is -2.56. The van der Waals surface area contributed by atoms with Crippen molar-refractivity contribution >= 4 is 15.9 Å². The normalized spacial score (nSPS) is 20.9. The molecule has 1 atom stereocenters. The summed E-state index contributed by atoms with van der Waals surface area (Å²) in [5.41, 5.74) is 1.15. The quantitative estimate of drug-likeness (QED) is 0.706. The minimum Gasteiger partial charge on any atom is -0.378 e. The van der Waals surface area contributed by atoms with Gasteiger partial charge in [-0.25, -0.2) is 8.42 Å². The molecule has 1 aromatic rings. The molecular weight excluding hydrogens is 378 g/mol. The van der Waals surface area contributed by atoms with Crippen LogP contribution in [-0.2, 0) is 26.0 Å². The van der Waals surface area contributed by atoms with Crippen LogP contribution >= 0.6 is 0 Å². The van der Waals surface area contributed by atoms with E-state index < -0.39 is 10.0 Å². The minimum atomic E-state index is -3.49. The molecule has 1 unspecified atom stereocenters.